The van der Waals surface area contributed by atoms with E-state index in [0.29, 0.717) is 17.3 Å². The average Bonchev–Trinajstić information content (AvgIpc) is 3.30. The SMILES string of the molecule is Cc1ccc(-n2nc(-c3ccc(F)cc3)cc2C(=O)N2CCC(Cc3ccccc3)CC2)c(C)c1. The molecule has 35 heavy (non-hydrogen) atoms. The van der Waals surface area contributed by atoms with Gasteiger partial charge in [-0.3, -0.25) is 4.79 Å². The predicted octanol–water partition coefficient (Wildman–Crippen LogP) is 6.39. The largest absolute Gasteiger partial charge is 0.337 e. The second kappa shape index (κ2) is 9.87. The smallest absolute Gasteiger partial charge is 0.272 e. The molecule has 0 unspecified atom stereocenters. The van der Waals surface area contributed by atoms with Crippen LogP contribution in [0.4, 0.5) is 4.39 Å². The zero-order valence-electron chi connectivity index (χ0n) is 20.2. The monoisotopic (exact) mass is 467 g/mol. The molecule has 4 aromatic rings. The maximum absolute atomic E-state index is 13.7. The van der Waals surface area contributed by atoms with E-state index in [1.807, 2.05) is 36.1 Å². The lowest BCUT2D eigenvalue weighted by Crippen LogP contribution is -2.39. The van der Waals surface area contributed by atoms with Crippen LogP contribution in [0.25, 0.3) is 16.9 Å². The van der Waals surface area contributed by atoms with Crippen LogP contribution in [0.2, 0.25) is 0 Å². The lowest BCUT2D eigenvalue weighted by molar-refractivity contribution is 0.0681. The summed E-state index contributed by atoms with van der Waals surface area (Å²) in [6, 6.07) is 24.8. The van der Waals surface area contributed by atoms with E-state index < -0.39 is 0 Å². The van der Waals surface area contributed by atoms with Crippen molar-refractivity contribution in [2.24, 2.45) is 5.92 Å². The molecule has 1 aliphatic rings. The van der Waals surface area contributed by atoms with Crippen molar-refractivity contribution >= 4 is 5.91 Å². The van der Waals surface area contributed by atoms with Crippen molar-refractivity contribution in [3.05, 3.63) is 107 Å². The number of hydrogen-bond donors (Lipinski definition) is 0. The van der Waals surface area contributed by atoms with E-state index in [2.05, 4.69) is 37.3 Å². The van der Waals surface area contributed by atoms with Gasteiger partial charge < -0.3 is 4.90 Å². The van der Waals surface area contributed by atoms with Crippen LogP contribution in [0.3, 0.4) is 0 Å². The number of carbonyl (C=O) groups excluding carboxylic acids is 1. The first-order valence-electron chi connectivity index (χ1n) is 12.2. The molecule has 0 bridgehead atoms. The van der Waals surface area contributed by atoms with Gasteiger partial charge in [-0.25, -0.2) is 9.07 Å². The Bertz CT molecular complexity index is 1320. The van der Waals surface area contributed by atoms with Crippen molar-refractivity contribution in [2.45, 2.75) is 33.1 Å². The van der Waals surface area contributed by atoms with E-state index in [-0.39, 0.29) is 11.7 Å². The van der Waals surface area contributed by atoms with E-state index in [4.69, 9.17) is 5.10 Å². The summed E-state index contributed by atoms with van der Waals surface area (Å²) in [4.78, 5) is 15.7. The van der Waals surface area contributed by atoms with Crippen LogP contribution in [0, 0.1) is 25.6 Å². The summed E-state index contributed by atoms with van der Waals surface area (Å²) >= 11 is 0. The van der Waals surface area contributed by atoms with E-state index in [1.165, 1.54) is 17.7 Å². The average molecular weight is 468 g/mol. The number of benzene rings is 3. The third-order valence-corrected chi connectivity index (χ3v) is 6.92. The van der Waals surface area contributed by atoms with Gasteiger partial charge in [0.1, 0.15) is 11.5 Å². The first-order valence-corrected chi connectivity index (χ1v) is 12.2. The first kappa shape index (κ1) is 23.0. The second-order valence-corrected chi connectivity index (χ2v) is 9.55. The fourth-order valence-electron chi connectivity index (χ4n) is 4.97. The molecular formula is C30H30FN3O. The van der Waals surface area contributed by atoms with Crippen molar-refractivity contribution in [3.63, 3.8) is 0 Å². The molecule has 4 nitrogen and oxygen atoms in total. The van der Waals surface area contributed by atoms with Crippen LogP contribution < -0.4 is 0 Å². The summed E-state index contributed by atoms with van der Waals surface area (Å²) in [6.45, 7) is 5.56. The molecule has 3 aromatic carbocycles. The minimum absolute atomic E-state index is 0.0102. The molecule has 0 atom stereocenters. The summed E-state index contributed by atoms with van der Waals surface area (Å²) in [6.07, 6.45) is 3.03. The Morgan fingerprint density at radius 1 is 0.943 bits per heavy atom. The highest BCUT2D eigenvalue weighted by Crippen LogP contribution is 2.27. The van der Waals surface area contributed by atoms with Crippen LogP contribution in [-0.4, -0.2) is 33.7 Å². The van der Waals surface area contributed by atoms with Crippen molar-refractivity contribution in [2.75, 3.05) is 13.1 Å². The molecule has 178 valence electrons. The van der Waals surface area contributed by atoms with E-state index in [1.54, 1.807) is 16.8 Å². The zero-order valence-corrected chi connectivity index (χ0v) is 20.2. The molecule has 0 aliphatic carbocycles. The summed E-state index contributed by atoms with van der Waals surface area (Å²) < 4.78 is 15.3. The van der Waals surface area contributed by atoms with Gasteiger partial charge in [-0.15, -0.1) is 0 Å². The van der Waals surface area contributed by atoms with Crippen molar-refractivity contribution in [1.82, 2.24) is 14.7 Å². The van der Waals surface area contributed by atoms with Crippen molar-refractivity contribution in [3.8, 4) is 16.9 Å². The molecule has 5 heteroatoms. The number of aryl methyl sites for hydroxylation is 2. The maximum atomic E-state index is 13.7. The third-order valence-electron chi connectivity index (χ3n) is 6.92. The van der Waals surface area contributed by atoms with Gasteiger partial charge in [-0.2, -0.15) is 5.10 Å². The fraction of sp³-hybridized carbons (Fsp3) is 0.267. The first-order chi connectivity index (χ1) is 17.0. The molecular weight excluding hydrogens is 437 g/mol. The molecule has 5 rings (SSSR count). The van der Waals surface area contributed by atoms with Gasteiger partial charge in [-0.05, 0) is 86.6 Å². The van der Waals surface area contributed by atoms with Gasteiger partial charge in [0.05, 0.1) is 11.4 Å². The lowest BCUT2D eigenvalue weighted by atomic mass is 9.90. The normalized spacial score (nSPS) is 14.3. The molecule has 1 amide bonds. The van der Waals surface area contributed by atoms with Crippen LogP contribution >= 0.6 is 0 Å². The number of likely N-dealkylation sites (tertiary alicyclic amines) is 1. The topological polar surface area (TPSA) is 38.1 Å². The maximum Gasteiger partial charge on any atom is 0.272 e. The molecule has 1 fully saturated rings. The minimum Gasteiger partial charge on any atom is -0.337 e. The van der Waals surface area contributed by atoms with Gasteiger partial charge >= 0.3 is 0 Å². The fourth-order valence-corrected chi connectivity index (χ4v) is 4.97. The van der Waals surface area contributed by atoms with Crippen LogP contribution in [0.5, 0.6) is 0 Å². The van der Waals surface area contributed by atoms with Gasteiger partial charge in [0, 0.05) is 18.7 Å². The predicted molar refractivity (Wildman–Crippen MR) is 137 cm³/mol. The molecule has 0 radical (unpaired) electrons. The van der Waals surface area contributed by atoms with Crippen molar-refractivity contribution in [1.29, 1.82) is 0 Å². The lowest BCUT2D eigenvalue weighted by Gasteiger charge is -2.32. The van der Waals surface area contributed by atoms with Gasteiger partial charge in [0.25, 0.3) is 5.91 Å². The Labute approximate surface area is 206 Å². The molecule has 0 saturated carbocycles. The molecule has 0 spiro atoms. The van der Waals surface area contributed by atoms with E-state index >= 15 is 0 Å². The number of aromatic nitrogens is 2. The summed E-state index contributed by atoms with van der Waals surface area (Å²) in [5.41, 5.74) is 6.43. The van der Waals surface area contributed by atoms with E-state index in [0.717, 1.165) is 54.7 Å². The molecule has 1 aliphatic heterocycles. The van der Waals surface area contributed by atoms with Gasteiger partial charge in [0.2, 0.25) is 0 Å². The molecule has 1 aromatic heterocycles. The number of piperidine rings is 1. The Kier molecular flexibility index (Phi) is 6.49. The zero-order chi connectivity index (χ0) is 24.4. The molecule has 1 saturated heterocycles. The number of nitrogens with zero attached hydrogens (tertiary/aromatic N) is 3. The van der Waals surface area contributed by atoms with Gasteiger partial charge in [0.15, 0.2) is 0 Å². The van der Waals surface area contributed by atoms with Crippen LogP contribution in [-0.2, 0) is 6.42 Å². The second-order valence-electron chi connectivity index (χ2n) is 9.55. The summed E-state index contributed by atoms with van der Waals surface area (Å²) in [5.74, 6) is 0.279. The quantitative estimate of drug-likeness (QED) is 0.341. The molecule has 0 N–H and O–H groups in total. The highest BCUT2D eigenvalue weighted by atomic mass is 19.1. The Morgan fingerprint density at radius 3 is 2.34 bits per heavy atom. The van der Waals surface area contributed by atoms with Gasteiger partial charge in [-0.1, -0.05) is 48.0 Å². The summed E-state index contributed by atoms with van der Waals surface area (Å²) in [7, 11) is 0. The highest BCUT2D eigenvalue weighted by molar-refractivity contribution is 5.94. The number of halogens is 1. The highest BCUT2D eigenvalue weighted by Gasteiger charge is 2.27. The number of hydrogen-bond acceptors (Lipinski definition) is 2. The Hall–Kier alpha value is -3.73. The Balaban J connectivity index is 1.41. The van der Waals surface area contributed by atoms with E-state index in [9.17, 15) is 9.18 Å². The summed E-state index contributed by atoms with van der Waals surface area (Å²) in [5, 5.41) is 4.80. The number of carbonyl (C=O) groups is 1. The third kappa shape index (κ3) is 5.04. The number of rotatable bonds is 5. The minimum atomic E-state index is -0.294. The molecule has 2 heterocycles. The van der Waals surface area contributed by atoms with Crippen LogP contribution in [0.1, 0.15) is 40.0 Å². The van der Waals surface area contributed by atoms with Crippen molar-refractivity contribution < 1.29 is 9.18 Å². The number of amides is 1. The van der Waals surface area contributed by atoms with Crippen LogP contribution in [0.15, 0.2) is 78.9 Å². The standard InChI is InChI=1S/C30H30FN3O/c1-21-8-13-28(22(2)18-21)34-29(20-27(32-34)25-9-11-26(31)12-10-25)30(35)33-16-14-24(15-17-33)19-23-6-4-3-5-7-23/h3-13,18,20,24H,14-17,19H2,1-2H3. The Morgan fingerprint density at radius 2 is 1.66 bits per heavy atom.